The molecule has 2 rings (SSSR count). The molecule has 0 aromatic heterocycles. The highest BCUT2D eigenvalue weighted by atomic mass is 16.5. The first-order valence-corrected chi connectivity index (χ1v) is 5.99. The monoisotopic (exact) mass is 220 g/mol. The molecule has 1 saturated heterocycles. The van der Waals surface area contributed by atoms with Crippen LogP contribution in [0.15, 0.2) is 18.2 Å². The molecular weight excluding hydrogens is 200 g/mol. The van der Waals surface area contributed by atoms with E-state index in [1.807, 2.05) is 0 Å². The largest absolute Gasteiger partial charge is 0.393 e. The van der Waals surface area contributed by atoms with E-state index in [0.717, 1.165) is 12.8 Å². The predicted octanol–water partition coefficient (Wildman–Crippen LogP) is 2.24. The molecule has 1 N–H and O–H groups in total. The minimum Gasteiger partial charge on any atom is -0.393 e. The van der Waals surface area contributed by atoms with Crippen LogP contribution in [0.4, 0.5) is 0 Å². The third kappa shape index (κ3) is 2.63. The SMILES string of the molecule is Cc1ccc(C)c(CC2COCCC2O)c1. The van der Waals surface area contributed by atoms with Crippen molar-refractivity contribution in [3.05, 3.63) is 34.9 Å². The molecule has 88 valence electrons. The van der Waals surface area contributed by atoms with E-state index < -0.39 is 0 Å². The van der Waals surface area contributed by atoms with Gasteiger partial charge in [0.15, 0.2) is 0 Å². The minimum absolute atomic E-state index is 0.200. The van der Waals surface area contributed by atoms with Crippen molar-refractivity contribution in [3.8, 4) is 0 Å². The van der Waals surface area contributed by atoms with E-state index in [0.29, 0.717) is 13.2 Å². The Morgan fingerprint density at radius 3 is 2.94 bits per heavy atom. The topological polar surface area (TPSA) is 29.5 Å². The Hall–Kier alpha value is -0.860. The van der Waals surface area contributed by atoms with Crippen LogP contribution in [0.3, 0.4) is 0 Å². The molecule has 1 fully saturated rings. The fourth-order valence-corrected chi connectivity index (χ4v) is 2.28. The molecular formula is C14H20O2. The van der Waals surface area contributed by atoms with Crippen LogP contribution in [0.1, 0.15) is 23.1 Å². The van der Waals surface area contributed by atoms with Crippen molar-refractivity contribution in [1.82, 2.24) is 0 Å². The van der Waals surface area contributed by atoms with Crippen LogP contribution < -0.4 is 0 Å². The lowest BCUT2D eigenvalue weighted by Gasteiger charge is -2.28. The molecule has 0 bridgehead atoms. The molecule has 2 atom stereocenters. The first kappa shape index (κ1) is 11.6. The van der Waals surface area contributed by atoms with E-state index >= 15 is 0 Å². The maximum Gasteiger partial charge on any atom is 0.0615 e. The van der Waals surface area contributed by atoms with Gasteiger partial charge in [-0.15, -0.1) is 0 Å². The average Bonchev–Trinajstić information content (AvgIpc) is 2.27. The first-order valence-electron chi connectivity index (χ1n) is 5.99. The van der Waals surface area contributed by atoms with Crippen LogP contribution in [-0.4, -0.2) is 24.4 Å². The fourth-order valence-electron chi connectivity index (χ4n) is 2.28. The molecule has 0 radical (unpaired) electrons. The van der Waals surface area contributed by atoms with Gasteiger partial charge in [0.05, 0.1) is 12.7 Å². The zero-order valence-corrected chi connectivity index (χ0v) is 10.1. The summed E-state index contributed by atoms with van der Waals surface area (Å²) in [4.78, 5) is 0. The van der Waals surface area contributed by atoms with E-state index in [2.05, 4.69) is 32.0 Å². The van der Waals surface area contributed by atoms with Gasteiger partial charge in [-0.3, -0.25) is 0 Å². The summed E-state index contributed by atoms with van der Waals surface area (Å²) in [6.45, 7) is 5.63. The molecule has 0 amide bonds. The van der Waals surface area contributed by atoms with Crippen molar-refractivity contribution in [2.75, 3.05) is 13.2 Å². The predicted molar refractivity (Wildman–Crippen MR) is 64.6 cm³/mol. The Balaban J connectivity index is 2.10. The highest BCUT2D eigenvalue weighted by Gasteiger charge is 2.24. The van der Waals surface area contributed by atoms with Crippen LogP contribution in [0, 0.1) is 19.8 Å². The van der Waals surface area contributed by atoms with E-state index in [-0.39, 0.29) is 12.0 Å². The summed E-state index contributed by atoms with van der Waals surface area (Å²) in [5.41, 5.74) is 3.93. The lowest BCUT2D eigenvalue weighted by Crippen LogP contribution is -2.33. The Morgan fingerprint density at radius 2 is 2.19 bits per heavy atom. The lowest BCUT2D eigenvalue weighted by atomic mass is 9.89. The van der Waals surface area contributed by atoms with E-state index in [1.54, 1.807) is 0 Å². The first-order chi connectivity index (χ1) is 7.66. The molecule has 1 aliphatic heterocycles. The second kappa shape index (κ2) is 4.98. The summed E-state index contributed by atoms with van der Waals surface area (Å²) >= 11 is 0. The number of hydrogen-bond donors (Lipinski definition) is 1. The lowest BCUT2D eigenvalue weighted by molar-refractivity contribution is -0.0351. The van der Waals surface area contributed by atoms with Gasteiger partial charge in [-0.05, 0) is 37.8 Å². The zero-order chi connectivity index (χ0) is 11.5. The van der Waals surface area contributed by atoms with E-state index in [4.69, 9.17) is 4.74 Å². The van der Waals surface area contributed by atoms with Crippen molar-refractivity contribution in [3.63, 3.8) is 0 Å². The number of rotatable bonds is 2. The highest BCUT2D eigenvalue weighted by Crippen LogP contribution is 2.22. The van der Waals surface area contributed by atoms with Gasteiger partial charge in [0.25, 0.3) is 0 Å². The third-order valence-electron chi connectivity index (χ3n) is 3.42. The fraction of sp³-hybridized carbons (Fsp3) is 0.571. The molecule has 1 heterocycles. The second-order valence-electron chi connectivity index (χ2n) is 4.83. The Labute approximate surface area is 97.3 Å². The normalized spacial score (nSPS) is 25.7. The van der Waals surface area contributed by atoms with Crippen LogP contribution in [0.2, 0.25) is 0 Å². The number of aliphatic hydroxyl groups excluding tert-OH is 1. The third-order valence-corrected chi connectivity index (χ3v) is 3.42. The second-order valence-corrected chi connectivity index (χ2v) is 4.83. The van der Waals surface area contributed by atoms with Crippen LogP contribution in [0.5, 0.6) is 0 Å². The van der Waals surface area contributed by atoms with E-state index in [9.17, 15) is 5.11 Å². The molecule has 16 heavy (non-hydrogen) atoms. The molecule has 2 heteroatoms. The molecule has 2 nitrogen and oxygen atoms in total. The Kier molecular flexibility index (Phi) is 3.62. The molecule has 1 aromatic rings. The summed E-state index contributed by atoms with van der Waals surface area (Å²) in [6.07, 6.45) is 1.50. The Bertz CT molecular complexity index is 360. The molecule has 0 spiro atoms. The number of benzene rings is 1. The van der Waals surface area contributed by atoms with Crippen LogP contribution >= 0.6 is 0 Å². The van der Waals surface area contributed by atoms with Gasteiger partial charge in [-0.2, -0.15) is 0 Å². The highest BCUT2D eigenvalue weighted by molar-refractivity contribution is 5.30. The summed E-state index contributed by atoms with van der Waals surface area (Å²) in [5, 5.41) is 9.91. The molecule has 2 unspecified atom stereocenters. The van der Waals surface area contributed by atoms with Gasteiger partial charge in [-0.1, -0.05) is 23.8 Å². The maximum absolute atomic E-state index is 9.91. The Morgan fingerprint density at radius 1 is 1.38 bits per heavy atom. The van der Waals surface area contributed by atoms with Gasteiger partial charge in [0, 0.05) is 12.5 Å². The van der Waals surface area contributed by atoms with Crippen molar-refractivity contribution < 1.29 is 9.84 Å². The summed E-state index contributed by atoms with van der Waals surface area (Å²) in [6, 6.07) is 6.50. The molecule has 0 aliphatic carbocycles. The number of hydrogen-bond acceptors (Lipinski definition) is 2. The van der Waals surface area contributed by atoms with Crippen molar-refractivity contribution in [2.45, 2.75) is 32.8 Å². The molecule has 1 aromatic carbocycles. The minimum atomic E-state index is -0.200. The molecule has 1 aliphatic rings. The molecule has 0 saturated carbocycles. The average molecular weight is 220 g/mol. The number of aryl methyl sites for hydroxylation is 2. The summed E-state index contributed by atoms with van der Waals surface area (Å²) in [7, 11) is 0. The quantitative estimate of drug-likeness (QED) is 0.828. The van der Waals surface area contributed by atoms with Crippen molar-refractivity contribution in [2.24, 2.45) is 5.92 Å². The summed E-state index contributed by atoms with van der Waals surface area (Å²) < 4.78 is 5.43. The van der Waals surface area contributed by atoms with Crippen molar-refractivity contribution >= 4 is 0 Å². The van der Waals surface area contributed by atoms with Gasteiger partial charge in [0.1, 0.15) is 0 Å². The van der Waals surface area contributed by atoms with Crippen LogP contribution in [0.25, 0.3) is 0 Å². The van der Waals surface area contributed by atoms with E-state index in [1.165, 1.54) is 16.7 Å². The smallest absolute Gasteiger partial charge is 0.0615 e. The standard InChI is InChI=1S/C14H20O2/c1-10-3-4-11(2)12(7-10)8-13-9-16-6-5-14(13)15/h3-4,7,13-15H,5-6,8-9H2,1-2H3. The van der Waals surface area contributed by atoms with Gasteiger partial charge < -0.3 is 9.84 Å². The maximum atomic E-state index is 9.91. The number of aliphatic hydroxyl groups is 1. The van der Waals surface area contributed by atoms with Crippen LogP contribution in [-0.2, 0) is 11.2 Å². The number of ether oxygens (including phenoxy) is 1. The zero-order valence-electron chi connectivity index (χ0n) is 10.1. The van der Waals surface area contributed by atoms with Crippen molar-refractivity contribution in [1.29, 1.82) is 0 Å². The van der Waals surface area contributed by atoms with Gasteiger partial charge >= 0.3 is 0 Å². The van der Waals surface area contributed by atoms with Gasteiger partial charge in [-0.25, -0.2) is 0 Å². The van der Waals surface area contributed by atoms with Gasteiger partial charge in [0.2, 0.25) is 0 Å². The summed E-state index contributed by atoms with van der Waals surface area (Å²) in [5.74, 6) is 0.259.